The molecule has 3 rings (SSSR count). The van der Waals surface area contributed by atoms with E-state index in [1.165, 1.54) is 35.0 Å². The number of benzene rings is 2. The number of allylic oxidation sites excluding steroid dienone is 1. The highest BCUT2D eigenvalue weighted by Crippen LogP contribution is 2.21. The molecule has 0 saturated heterocycles. The van der Waals surface area contributed by atoms with Gasteiger partial charge in [0.2, 0.25) is 0 Å². The zero-order valence-corrected chi connectivity index (χ0v) is 14.8. The lowest BCUT2D eigenvalue weighted by atomic mass is 10.0. The van der Waals surface area contributed by atoms with E-state index in [9.17, 15) is 20.2 Å². The largest absolute Gasteiger partial charge is 0.285 e. The predicted molar refractivity (Wildman–Crippen MR) is 102 cm³/mol. The van der Waals surface area contributed by atoms with E-state index in [-0.39, 0.29) is 16.8 Å². The van der Waals surface area contributed by atoms with Crippen molar-refractivity contribution in [2.75, 3.05) is 0 Å². The minimum absolute atomic E-state index is 0.0571. The topological polar surface area (TPSA) is 93.9 Å². The first kappa shape index (κ1) is 17.9. The standard InChI is InChI=1S/C20H16N4O3/c1-14-19(20(25)23(22(14)2)17-6-4-3-5-7-17)12-16(13-21)15-8-10-18(11-9-15)24(26)27/h3-12H,1-2H3/b16-12+. The molecule has 0 radical (unpaired) electrons. The van der Waals surface area contributed by atoms with E-state index in [1.54, 1.807) is 18.7 Å². The molecule has 27 heavy (non-hydrogen) atoms. The summed E-state index contributed by atoms with van der Waals surface area (Å²) in [4.78, 5) is 23.2. The first-order chi connectivity index (χ1) is 12.9. The summed E-state index contributed by atoms with van der Waals surface area (Å²) in [5.74, 6) is 0. The lowest BCUT2D eigenvalue weighted by molar-refractivity contribution is -0.384. The Bertz CT molecular complexity index is 1130. The number of para-hydroxylation sites is 1. The van der Waals surface area contributed by atoms with Crippen LogP contribution >= 0.6 is 0 Å². The van der Waals surface area contributed by atoms with E-state index in [2.05, 4.69) is 6.07 Å². The SMILES string of the molecule is Cc1c(/C=C(\C#N)c2ccc([N+](=O)[O-])cc2)c(=O)n(-c2ccccc2)n1C. The summed E-state index contributed by atoms with van der Waals surface area (Å²) in [6.07, 6.45) is 1.53. The van der Waals surface area contributed by atoms with Crippen molar-refractivity contribution >= 4 is 17.3 Å². The molecule has 0 saturated carbocycles. The summed E-state index contributed by atoms with van der Waals surface area (Å²) in [5.41, 5.74) is 2.30. The minimum atomic E-state index is -0.501. The van der Waals surface area contributed by atoms with E-state index < -0.39 is 4.92 Å². The molecule has 1 heterocycles. The van der Waals surface area contributed by atoms with Crippen LogP contribution in [0.2, 0.25) is 0 Å². The highest BCUT2D eigenvalue weighted by Gasteiger charge is 2.16. The van der Waals surface area contributed by atoms with Crippen LogP contribution in [0.5, 0.6) is 0 Å². The van der Waals surface area contributed by atoms with E-state index in [4.69, 9.17) is 0 Å². The molecule has 0 aliphatic rings. The zero-order chi connectivity index (χ0) is 19.6. The van der Waals surface area contributed by atoms with Gasteiger partial charge in [0.15, 0.2) is 0 Å². The third kappa shape index (κ3) is 3.28. The van der Waals surface area contributed by atoms with Gasteiger partial charge in [-0.2, -0.15) is 5.26 Å². The number of hydrogen-bond donors (Lipinski definition) is 0. The van der Waals surface area contributed by atoms with Crippen LogP contribution in [-0.2, 0) is 7.05 Å². The molecule has 0 N–H and O–H groups in total. The van der Waals surface area contributed by atoms with Gasteiger partial charge in [0, 0.05) is 24.9 Å². The smallest absolute Gasteiger partial charge is 0.278 e. The Morgan fingerprint density at radius 2 is 1.78 bits per heavy atom. The van der Waals surface area contributed by atoms with Crippen LogP contribution in [0.15, 0.2) is 59.4 Å². The van der Waals surface area contributed by atoms with Gasteiger partial charge in [0.1, 0.15) is 0 Å². The quantitative estimate of drug-likeness (QED) is 0.404. The van der Waals surface area contributed by atoms with Gasteiger partial charge in [-0.15, -0.1) is 0 Å². The fourth-order valence-corrected chi connectivity index (χ4v) is 2.84. The molecule has 1 aromatic heterocycles. The molecular formula is C20H16N4O3. The molecule has 0 amide bonds. The van der Waals surface area contributed by atoms with Gasteiger partial charge in [-0.05, 0) is 42.8 Å². The maximum absolute atomic E-state index is 12.9. The lowest BCUT2D eigenvalue weighted by Crippen LogP contribution is -2.20. The van der Waals surface area contributed by atoms with Crippen molar-refractivity contribution in [1.82, 2.24) is 9.36 Å². The maximum Gasteiger partial charge on any atom is 0.278 e. The number of rotatable bonds is 4. The van der Waals surface area contributed by atoms with E-state index in [0.29, 0.717) is 16.8 Å². The van der Waals surface area contributed by atoms with Gasteiger partial charge < -0.3 is 0 Å². The number of hydrogen-bond acceptors (Lipinski definition) is 4. The average Bonchev–Trinajstić information content (AvgIpc) is 2.89. The fourth-order valence-electron chi connectivity index (χ4n) is 2.84. The van der Waals surface area contributed by atoms with Crippen molar-refractivity contribution < 1.29 is 4.92 Å². The Labute approximate surface area is 155 Å². The predicted octanol–water partition coefficient (Wildman–Crippen LogP) is 3.46. The van der Waals surface area contributed by atoms with Crippen LogP contribution < -0.4 is 5.56 Å². The van der Waals surface area contributed by atoms with Gasteiger partial charge >= 0.3 is 0 Å². The molecule has 0 atom stereocenters. The van der Waals surface area contributed by atoms with Crippen molar-refractivity contribution in [2.24, 2.45) is 7.05 Å². The Hall–Kier alpha value is -3.92. The van der Waals surface area contributed by atoms with Crippen molar-refractivity contribution in [3.63, 3.8) is 0 Å². The molecular weight excluding hydrogens is 344 g/mol. The fraction of sp³-hybridized carbons (Fsp3) is 0.100. The molecule has 3 aromatic rings. The first-order valence-electron chi connectivity index (χ1n) is 8.14. The lowest BCUT2D eigenvalue weighted by Gasteiger charge is -2.07. The Kier molecular flexibility index (Phi) is 4.73. The summed E-state index contributed by atoms with van der Waals surface area (Å²) in [6.45, 7) is 1.80. The second kappa shape index (κ2) is 7.14. The van der Waals surface area contributed by atoms with Crippen molar-refractivity contribution in [1.29, 1.82) is 5.26 Å². The highest BCUT2D eigenvalue weighted by molar-refractivity contribution is 5.90. The van der Waals surface area contributed by atoms with Crippen LogP contribution in [0.1, 0.15) is 16.8 Å². The second-order valence-electron chi connectivity index (χ2n) is 5.95. The van der Waals surface area contributed by atoms with Gasteiger partial charge in [0.05, 0.1) is 27.8 Å². The van der Waals surface area contributed by atoms with Crippen LogP contribution in [0.3, 0.4) is 0 Å². The van der Waals surface area contributed by atoms with E-state index >= 15 is 0 Å². The number of nitro benzene ring substituents is 1. The number of nitro groups is 1. The van der Waals surface area contributed by atoms with Gasteiger partial charge in [0.25, 0.3) is 11.2 Å². The Morgan fingerprint density at radius 3 is 2.33 bits per heavy atom. The third-order valence-electron chi connectivity index (χ3n) is 4.40. The van der Waals surface area contributed by atoms with Gasteiger partial charge in [-0.1, -0.05) is 18.2 Å². The first-order valence-corrected chi connectivity index (χ1v) is 8.14. The molecule has 0 unspecified atom stereocenters. The molecule has 2 aromatic carbocycles. The number of nitrogens with zero attached hydrogens (tertiary/aromatic N) is 4. The Balaban J connectivity index is 2.12. The van der Waals surface area contributed by atoms with Crippen LogP contribution in [0.25, 0.3) is 17.3 Å². The minimum Gasteiger partial charge on any atom is -0.285 e. The van der Waals surface area contributed by atoms with Crippen molar-refractivity contribution in [3.05, 3.63) is 91.9 Å². The summed E-state index contributed by atoms with van der Waals surface area (Å²) in [6, 6.07) is 17.0. The number of nitriles is 1. The van der Waals surface area contributed by atoms with E-state index in [0.717, 1.165) is 5.69 Å². The van der Waals surface area contributed by atoms with Crippen LogP contribution in [-0.4, -0.2) is 14.3 Å². The molecule has 134 valence electrons. The van der Waals surface area contributed by atoms with E-state index in [1.807, 2.05) is 30.3 Å². The monoisotopic (exact) mass is 360 g/mol. The zero-order valence-electron chi connectivity index (χ0n) is 14.8. The molecule has 0 fully saturated rings. The van der Waals surface area contributed by atoms with Gasteiger partial charge in [-0.3, -0.25) is 19.6 Å². The summed E-state index contributed by atoms with van der Waals surface area (Å²) < 4.78 is 3.26. The summed E-state index contributed by atoms with van der Waals surface area (Å²) >= 11 is 0. The summed E-state index contributed by atoms with van der Waals surface area (Å²) in [5, 5.41) is 20.3. The van der Waals surface area contributed by atoms with Crippen LogP contribution in [0, 0.1) is 28.4 Å². The molecule has 0 aliphatic carbocycles. The third-order valence-corrected chi connectivity index (χ3v) is 4.40. The molecule has 7 heteroatoms. The highest BCUT2D eigenvalue weighted by atomic mass is 16.6. The number of aromatic nitrogens is 2. The van der Waals surface area contributed by atoms with Crippen LogP contribution in [0.4, 0.5) is 5.69 Å². The summed E-state index contributed by atoms with van der Waals surface area (Å²) in [7, 11) is 1.78. The molecule has 7 nitrogen and oxygen atoms in total. The number of non-ortho nitro benzene ring substituents is 1. The second-order valence-corrected chi connectivity index (χ2v) is 5.95. The maximum atomic E-state index is 12.9. The molecule has 0 bridgehead atoms. The normalized spacial score (nSPS) is 11.2. The average molecular weight is 360 g/mol. The molecule has 0 aliphatic heterocycles. The Morgan fingerprint density at radius 1 is 1.15 bits per heavy atom. The van der Waals surface area contributed by atoms with Crippen molar-refractivity contribution in [3.8, 4) is 11.8 Å². The van der Waals surface area contributed by atoms with Crippen molar-refractivity contribution in [2.45, 2.75) is 6.92 Å². The van der Waals surface area contributed by atoms with Gasteiger partial charge in [-0.25, -0.2) is 4.68 Å². The molecule has 0 spiro atoms.